The van der Waals surface area contributed by atoms with Gasteiger partial charge in [-0.2, -0.15) is 0 Å². The number of halogens is 3. The average Bonchev–Trinajstić information content (AvgIpc) is 3.04. The Morgan fingerprint density at radius 3 is 2.51 bits per heavy atom. The quantitative estimate of drug-likeness (QED) is 0.233. The highest BCUT2D eigenvalue weighted by Crippen LogP contribution is 2.44. The van der Waals surface area contributed by atoms with E-state index in [2.05, 4.69) is 9.97 Å². The monoisotopic (exact) mass is 590 g/mol. The number of benzene rings is 1. The summed E-state index contributed by atoms with van der Waals surface area (Å²) in [6, 6.07) is 0.444. The molecule has 0 aliphatic carbocycles. The number of nitrogens with two attached hydrogens (primary N) is 1. The summed E-state index contributed by atoms with van der Waals surface area (Å²) in [5, 5.41) is 0.534. The molecule has 0 radical (unpaired) electrons. The molecule has 3 atom stereocenters. The van der Waals surface area contributed by atoms with Gasteiger partial charge in [-0.1, -0.05) is 18.7 Å². The molecule has 3 aromatic rings. The first-order valence-electron chi connectivity index (χ1n) is 13.4. The smallest absolute Gasteiger partial charge is 0.410 e. The number of hydrogen-bond donors (Lipinski definition) is 1. The van der Waals surface area contributed by atoms with Crippen molar-refractivity contribution >= 4 is 40.3 Å². The molecule has 5 rings (SSSR count). The molecule has 41 heavy (non-hydrogen) atoms. The summed E-state index contributed by atoms with van der Waals surface area (Å²) in [7, 11) is 0. The number of ether oxygens (including phenoxy) is 2. The van der Waals surface area contributed by atoms with Gasteiger partial charge in [0.15, 0.2) is 22.6 Å². The van der Waals surface area contributed by atoms with E-state index >= 15 is 8.78 Å². The molecule has 0 spiro atoms. The molecule has 9 nitrogen and oxygen atoms in total. The van der Waals surface area contributed by atoms with Crippen molar-refractivity contribution in [3.63, 3.8) is 0 Å². The third kappa shape index (κ3) is 4.87. The Bertz CT molecular complexity index is 1550. The van der Waals surface area contributed by atoms with Crippen molar-refractivity contribution in [2.75, 3.05) is 30.0 Å². The standard InChI is InChI=1S/C28H33F3N6O3S/c1-8-15-23-13(3)39-25-16-22(19(31)21(33-25)14-11-12(2)17(29)20(32)18(14)30)34-26(41-7)35-24(16)37(23)10-9-36(15)27(38)40-28(4,5)6/h11,13,15,23H,8-10,32H2,1-7H3/t13-,15-,23+/m0/s1. The van der Waals surface area contributed by atoms with Crippen LogP contribution in [0.4, 0.5) is 29.5 Å². The maximum Gasteiger partial charge on any atom is 0.410 e. The highest BCUT2D eigenvalue weighted by molar-refractivity contribution is 7.98. The van der Waals surface area contributed by atoms with E-state index in [-0.39, 0.29) is 34.0 Å². The molecule has 220 valence electrons. The predicted octanol–water partition coefficient (Wildman–Crippen LogP) is 5.71. The van der Waals surface area contributed by atoms with Crippen LogP contribution in [0.15, 0.2) is 11.2 Å². The number of aromatic nitrogens is 3. The number of carbonyl (C=O) groups excluding carboxylic acids is 1. The van der Waals surface area contributed by atoms with Gasteiger partial charge in [-0.25, -0.2) is 32.9 Å². The van der Waals surface area contributed by atoms with Gasteiger partial charge in [-0.15, -0.1) is 0 Å². The summed E-state index contributed by atoms with van der Waals surface area (Å²) in [5.74, 6) is -2.51. The van der Waals surface area contributed by atoms with E-state index in [1.807, 2.05) is 39.5 Å². The van der Waals surface area contributed by atoms with Crippen LogP contribution in [-0.4, -0.2) is 69.1 Å². The van der Waals surface area contributed by atoms with Crippen LogP contribution < -0.4 is 15.4 Å². The Morgan fingerprint density at radius 1 is 1.17 bits per heavy atom. The van der Waals surface area contributed by atoms with Gasteiger partial charge in [-0.05, 0) is 58.9 Å². The fraction of sp³-hybridized carbons (Fsp3) is 0.500. The molecule has 2 aliphatic rings. The Hall–Kier alpha value is -3.48. The van der Waals surface area contributed by atoms with Crippen LogP contribution in [0.3, 0.4) is 0 Å². The first kappa shape index (κ1) is 29.0. The summed E-state index contributed by atoms with van der Waals surface area (Å²) in [6.45, 7) is 11.4. The number of anilines is 2. The van der Waals surface area contributed by atoms with E-state index in [1.54, 1.807) is 11.2 Å². The van der Waals surface area contributed by atoms with E-state index in [9.17, 15) is 9.18 Å². The summed E-state index contributed by atoms with van der Waals surface area (Å²) >= 11 is 1.22. The number of aryl methyl sites for hydroxylation is 1. The number of fused-ring (bicyclic) bond motifs is 2. The number of piperazine rings is 1. The van der Waals surface area contributed by atoms with Gasteiger partial charge in [0.25, 0.3) is 0 Å². The van der Waals surface area contributed by atoms with Gasteiger partial charge >= 0.3 is 6.09 Å². The first-order valence-corrected chi connectivity index (χ1v) is 14.6. The molecule has 1 saturated heterocycles. The normalized spacial score (nSPS) is 20.5. The third-order valence-corrected chi connectivity index (χ3v) is 7.95. The molecule has 2 aliphatic heterocycles. The lowest BCUT2D eigenvalue weighted by molar-refractivity contribution is 0.000929. The zero-order chi connectivity index (χ0) is 30.0. The fourth-order valence-electron chi connectivity index (χ4n) is 5.63. The van der Waals surface area contributed by atoms with Gasteiger partial charge in [0, 0.05) is 18.7 Å². The van der Waals surface area contributed by atoms with Crippen LogP contribution in [0.25, 0.3) is 22.2 Å². The number of amides is 1. The molecule has 0 saturated carbocycles. The lowest BCUT2D eigenvalue weighted by Crippen LogP contribution is -2.65. The van der Waals surface area contributed by atoms with Crippen LogP contribution in [0, 0.1) is 24.4 Å². The summed E-state index contributed by atoms with van der Waals surface area (Å²) in [5.41, 5.74) is 3.50. The number of nitrogen functional groups attached to an aromatic ring is 1. The van der Waals surface area contributed by atoms with Gasteiger partial charge < -0.3 is 25.0 Å². The molecule has 2 aromatic heterocycles. The molecular weight excluding hydrogens is 557 g/mol. The van der Waals surface area contributed by atoms with E-state index in [0.717, 1.165) is 6.07 Å². The fourth-order valence-corrected chi connectivity index (χ4v) is 5.99. The van der Waals surface area contributed by atoms with E-state index < -0.39 is 52.7 Å². The predicted molar refractivity (Wildman–Crippen MR) is 152 cm³/mol. The van der Waals surface area contributed by atoms with Gasteiger partial charge in [0.05, 0.1) is 12.1 Å². The lowest BCUT2D eigenvalue weighted by atomic mass is 9.94. The van der Waals surface area contributed by atoms with Crippen molar-refractivity contribution in [2.45, 2.75) is 76.9 Å². The maximum absolute atomic E-state index is 16.3. The van der Waals surface area contributed by atoms with Crippen molar-refractivity contribution in [2.24, 2.45) is 0 Å². The van der Waals surface area contributed by atoms with Crippen molar-refractivity contribution in [3.05, 3.63) is 29.1 Å². The molecular formula is C28H33F3N6O3S. The van der Waals surface area contributed by atoms with E-state index in [1.165, 1.54) is 18.7 Å². The van der Waals surface area contributed by atoms with Crippen molar-refractivity contribution < 1.29 is 27.4 Å². The molecule has 1 aromatic carbocycles. The summed E-state index contributed by atoms with van der Waals surface area (Å²) < 4.78 is 57.8. The Labute approximate surface area is 240 Å². The zero-order valence-corrected chi connectivity index (χ0v) is 24.8. The van der Waals surface area contributed by atoms with Crippen molar-refractivity contribution in [3.8, 4) is 17.1 Å². The van der Waals surface area contributed by atoms with Crippen LogP contribution >= 0.6 is 11.8 Å². The van der Waals surface area contributed by atoms with E-state index in [4.69, 9.17) is 20.2 Å². The number of thioether (sulfide) groups is 1. The Balaban J connectivity index is 1.70. The van der Waals surface area contributed by atoms with Crippen LogP contribution in [0.5, 0.6) is 5.88 Å². The summed E-state index contributed by atoms with van der Waals surface area (Å²) in [6.07, 6.45) is 1.36. The van der Waals surface area contributed by atoms with Crippen LogP contribution in [-0.2, 0) is 4.74 Å². The number of rotatable bonds is 3. The van der Waals surface area contributed by atoms with Crippen molar-refractivity contribution in [1.82, 2.24) is 19.9 Å². The Morgan fingerprint density at radius 2 is 1.88 bits per heavy atom. The van der Waals surface area contributed by atoms with E-state index in [0.29, 0.717) is 30.5 Å². The minimum atomic E-state index is -1.12. The molecule has 2 N–H and O–H groups in total. The third-order valence-electron chi connectivity index (χ3n) is 7.40. The lowest BCUT2D eigenvalue weighted by Gasteiger charge is -2.48. The highest BCUT2D eigenvalue weighted by atomic mass is 32.2. The summed E-state index contributed by atoms with van der Waals surface area (Å²) in [4.78, 5) is 30.5. The minimum absolute atomic E-state index is 0.0135. The minimum Gasteiger partial charge on any atom is -0.472 e. The first-order chi connectivity index (χ1) is 19.3. The topological polar surface area (TPSA) is 107 Å². The average molecular weight is 591 g/mol. The van der Waals surface area contributed by atoms with Crippen LogP contribution in [0.2, 0.25) is 0 Å². The second kappa shape index (κ2) is 10.4. The zero-order valence-electron chi connectivity index (χ0n) is 24.0. The number of hydrogen-bond acceptors (Lipinski definition) is 9. The second-order valence-corrected chi connectivity index (χ2v) is 12.0. The van der Waals surface area contributed by atoms with Gasteiger partial charge in [0.2, 0.25) is 5.88 Å². The number of carbonyl (C=O) groups is 1. The maximum atomic E-state index is 16.3. The molecule has 1 fully saturated rings. The van der Waals surface area contributed by atoms with Crippen LogP contribution in [0.1, 0.15) is 46.6 Å². The van der Waals surface area contributed by atoms with Gasteiger partial charge in [-0.3, -0.25) is 0 Å². The molecule has 0 unspecified atom stereocenters. The molecule has 4 heterocycles. The molecule has 0 bridgehead atoms. The SMILES string of the molecule is CC[C@H]1[C@H]2[C@H](C)Oc3nc(-c4cc(C)c(F)c(N)c4F)c(F)c4nc(SC)nc(c34)N2CCN1C(=O)OC(C)(C)C. The van der Waals surface area contributed by atoms with Crippen molar-refractivity contribution in [1.29, 1.82) is 0 Å². The second-order valence-electron chi connectivity index (χ2n) is 11.3. The molecule has 13 heteroatoms. The highest BCUT2D eigenvalue weighted by Gasteiger charge is 2.46. The number of pyridine rings is 1. The largest absolute Gasteiger partial charge is 0.472 e. The molecule has 1 amide bonds. The Kier molecular flexibility index (Phi) is 7.37. The van der Waals surface area contributed by atoms with Gasteiger partial charge in [0.1, 0.15) is 39.8 Å². The number of nitrogens with zero attached hydrogens (tertiary/aromatic N) is 5.